The Morgan fingerprint density at radius 2 is 1.68 bits per heavy atom. The van der Waals surface area contributed by atoms with E-state index in [4.69, 9.17) is 4.74 Å². The van der Waals surface area contributed by atoms with Crippen LogP contribution in [0.2, 0.25) is 0 Å². The highest BCUT2D eigenvalue weighted by Gasteiger charge is 2.49. The number of fused-ring (bicyclic) bond motifs is 3. The number of likely N-dealkylation sites (tertiary alicyclic amines) is 1. The van der Waals surface area contributed by atoms with Gasteiger partial charge in [-0.1, -0.05) is 62.4 Å². The van der Waals surface area contributed by atoms with Crippen molar-refractivity contribution in [3.05, 3.63) is 59.7 Å². The highest BCUT2D eigenvalue weighted by Crippen LogP contribution is 2.44. The Hall–Kier alpha value is -3.35. The molecule has 0 radical (unpaired) electrons. The Morgan fingerprint density at radius 1 is 1.09 bits per heavy atom. The lowest BCUT2D eigenvalue weighted by atomic mass is 9.86. The number of alkyl carbamates (subject to hydrolysis) is 1. The topological polar surface area (TPSA) is 95.9 Å². The number of carboxylic acids is 1. The van der Waals surface area contributed by atoms with E-state index in [0.717, 1.165) is 11.1 Å². The van der Waals surface area contributed by atoms with Gasteiger partial charge in [-0.05, 0) is 48.4 Å². The lowest BCUT2D eigenvalue weighted by Crippen LogP contribution is -2.54. The van der Waals surface area contributed by atoms with Crippen LogP contribution < -0.4 is 5.32 Å². The van der Waals surface area contributed by atoms with Gasteiger partial charge >= 0.3 is 12.1 Å². The second kappa shape index (κ2) is 9.12. The minimum atomic E-state index is -1.17. The molecule has 0 spiro atoms. The second-order valence-corrected chi connectivity index (χ2v) is 10.0. The maximum atomic E-state index is 13.1. The van der Waals surface area contributed by atoms with Crippen molar-refractivity contribution < 1.29 is 24.2 Å². The first kappa shape index (κ1) is 23.8. The van der Waals surface area contributed by atoms with Crippen LogP contribution in [-0.4, -0.2) is 53.2 Å². The monoisotopic (exact) mass is 464 g/mol. The second-order valence-electron chi connectivity index (χ2n) is 10.0. The summed E-state index contributed by atoms with van der Waals surface area (Å²) in [5.74, 6) is -1.20. The minimum Gasteiger partial charge on any atom is -0.480 e. The standard InChI is InChI=1S/C27H32N2O5/c1-26(2,23(30)29-16-8-13-27(29,3)24(31)32)14-15-28-25(33)34-17-22-20-11-6-4-9-18(20)19-10-5-7-12-21(19)22/h4-7,9-12,22H,8,13-17H2,1-3H3,(H,28,33)(H,31,32)/t27-/m1/s1. The van der Waals surface area contributed by atoms with Gasteiger partial charge in [0.15, 0.2) is 0 Å². The lowest BCUT2D eigenvalue weighted by Gasteiger charge is -2.37. The Balaban J connectivity index is 1.31. The summed E-state index contributed by atoms with van der Waals surface area (Å²) in [5, 5.41) is 12.4. The van der Waals surface area contributed by atoms with E-state index in [9.17, 15) is 19.5 Å². The number of aliphatic carboxylic acids is 1. The van der Waals surface area contributed by atoms with Gasteiger partial charge in [0.2, 0.25) is 5.91 Å². The van der Waals surface area contributed by atoms with Gasteiger partial charge in [0.05, 0.1) is 0 Å². The first-order valence-electron chi connectivity index (χ1n) is 11.8. The number of rotatable bonds is 7. The third-order valence-corrected chi connectivity index (χ3v) is 7.29. The summed E-state index contributed by atoms with van der Waals surface area (Å²) in [7, 11) is 0. The number of nitrogens with one attached hydrogen (secondary N) is 1. The van der Waals surface area contributed by atoms with Gasteiger partial charge in [-0.3, -0.25) is 4.79 Å². The molecule has 34 heavy (non-hydrogen) atoms. The van der Waals surface area contributed by atoms with Crippen LogP contribution in [-0.2, 0) is 14.3 Å². The van der Waals surface area contributed by atoms with Gasteiger partial charge in [-0.15, -0.1) is 0 Å². The summed E-state index contributed by atoms with van der Waals surface area (Å²) < 4.78 is 5.56. The molecule has 2 aromatic carbocycles. The fraction of sp³-hybridized carbons (Fsp3) is 0.444. The average Bonchev–Trinajstić information content (AvgIpc) is 3.36. The summed E-state index contributed by atoms with van der Waals surface area (Å²) in [6.07, 6.45) is 0.967. The van der Waals surface area contributed by atoms with E-state index in [2.05, 4.69) is 29.6 Å². The van der Waals surface area contributed by atoms with E-state index in [1.54, 1.807) is 20.8 Å². The molecule has 1 saturated heterocycles. The smallest absolute Gasteiger partial charge is 0.407 e. The number of hydrogen-bond donors (Lipinski definition) is 2. The van der Waals surface area contributed by atoms with E-state index >= 15 is 0 Å². The molecule has 0 bridgehead atoms. The fourth-order valence-electron chi connectivity index (χ4n) is 5.11. The van der Waals surface area contributed by atoms with Crippen molar-refractivity contribution in [2.75, 3.05) is 19.7 Å². The van der Waals surface area contributed by atoms with E-state index in [1.807, 2.05) is 24.3 Å². The van der Waals surface area contributed by atoms with Crippen LogP contribution in [0.4, 0.5) is 4.79 Å². The number of hydrogen-bond acceptors (Lipinski definition) is 4. The molecule has 0 unspecified atom stereocenters. The third-order valence-electron chi connectivity index (χ3n) is 7.29. The Labute approximate surface area is 200 Å². The van der Waals surface area contributed by atoms with Crippen LogP contribution in [0.1, 0.15) is 57.1 Å². The van der Waals surface area contributed by atoms with E-state index in [1.165, 1.54) is 16.0 Å². The van der Waals surface area contributed by atoms with Crippen LogP contribution in [0.15, 0.2) is 48.5 Å². The van der Waals surface area contributed by atoms with Gasteiger partial charge in [-0.25, -0.2) is 9.59 Å². The molecule has 1 fully saturated rings. The van der Waals surface area contributed by atoms with Crippen molar-refractivity contribution in [2.24, 2.45) is 5.41 Å². The Morgan fingerprint density at radius 3 is 2.26 bits per heavy atom. The Kier molecular flexibility index (Phi) is 6.39. The number of amides is 2. The van der Waals surface area contributed by atoms with E-state index in [-0.39, 0.29) is 25.0 Å². The molecule has 2 aliphatic rings. The van der Waals surface area contributed by atoms with Gasteiger partial charge in [0.1, 0.15) is 12.1 Å². The van der Waals surface area contributed by atoms with Crippen LogP contribution >= 0.6 is 0 Å². The molecule has 1 aliphatic carbocycles. The molecule has 2 N–H and O–H groups in total. The molecule has 1 atom stereocenters. The number of benzene rings is 2. The maximum Gasteiger partial charge on any atom is 0.407 e. The number of carbonyl (C=O) groups excluding carboxylic acids is 2. The van der Waals surface area contributed by atoms with Crippen molar-refractivity contribution in [1.82, 2.24) is 10.2 Å². The summed E-state index contributed by atoms with van der Waals surface area (Å²) in [6, 6.07) is 16.3. The number of ether oxygens (including phenoxy) is 1. The van der Waals surface area contributed by atoms with Gasteiger partial charge in [-0.2, -0.15) is 0 Å². The molecule has 1 aliphatic heterocycles. The summed E-state index contributed by atoms with van der Waals surface area (Å²) in [5.41, 5.74) is 2.66. The third kappa shape index (κ3) is 4.27. The zero-order valence-corrected chi connectivity index (χ0v) is 20.0. The molecule has 7 nitrogen and oxygen atoms in total. The average molecular weight is 465 g/mol. The molecule has 4 rings (SSSR count). The number of carbonyl (C=O) groups is 3. The van der Waals surface area contributed by atoms with Crippen LogP contribution in [0.25, 0.3) is 11.1 Å². The van der Waals surface area contributed by atoms with E-state index < -0.39 is 23.0 Å². The Bertz CT molecular complexity index is 1070. The summed E-state index contributed by atoms with van der Waals surface area (Å²) >= 11 is 0. The van der Waals surface area contributed by atoms with Gasteiger partial charge < -0.3 is 20.1 Å². The van der Waals surface area contributed by atoms with Crippen molar-refractivity contribution in [3.63, 3.8) is 0 Å². The normalized spacial score (nSPS) is 19.4. The molecule has 1 heterocycles. The largest absolute Gasteiger partial charge is 0.480 e. The first-order chi connectivity index (χ1) is 16.1. The van der Waals surface area contributed by atoms with Crippen LogP contribution in [0.5, 0.6) is 0 Å². The van der Waals surface area contributed by atoms with Crippen molar-refractivity contribution in [2.45, 2.75) is 51.5 Å². The molecule has 2 amide bonds. The molecular formula is C27H32N2O5. The molecule has 7 heteroatoms. The SMILES string of the molecule is CC(C)(CCNC(=O)OCC1c2ccccc2-c2ccccc21)C(=O)N1CCC[C@]1(C)C(=O)O. The predicted octanol–water partition coefficient (Wildman–Crippen LogP) is 4.41. The molecule has 2 aromatic rings. The molecule has 0 saturated carbocycles. The molecular weight excluding hydrogens is 432 g/mol. The quantitative estimate of drug-likeness (QED) is 0.633. The van der Waals surface area contributed by atoms with E-state index in [0.29, 0.717) is 25.8 Å². The van der Waals surface area contributed by atoms with Crippen molar-refractivity contribution in [1.29, 1.82) is 0 Å². The van der Waals surface area contributed by atoms with Gasteiger partial charge in [0.25, 0.3) is 0 Å². The summed E-state index contributed by atoms with van der Waals surface area (Å²) in [6.45, 7) is 6.10. The minimum absolute atomic E-state index is 0.0139. The number of carboxylic acid groups (broad SMARTS) is 1. The van der Waals surface area contributed by atoms with Crippen molar-refractivity contribution in [3.8, 4) is 11.1 Å². The highest BCUT2D eigenvalue weighted by atomic mass is 16.5. The predicted molar refractivity (Wildman–Crippen MR) is 128 cm³/mol. The molecule has 0 aromatic heterocycles. The maximum absolute atomic E-state index is 13.1. The first-order valence-corrected chi connectivity index (χ1v) is 11.8. The highest BCUT2D eigenvalue weighted by molar-refractivity contribution is 5.90. The zero-order valence-electron chi connectivity index (χ0n) is 20.0. The zero-order chi connectivity index (χ0) is 24.5. The number of nitrogens with zero attached hydrogens (tertiary/aromatic N) is 1. The lowest BCUT2D eigenvalue weighted by molar-refractivity contribution is -0.159. The summed E-state index contributed by atoms with van der Waals surface area (Å²) in [4.78, 5) is 38.7. The molecule has 180 valence electrons. The van der Waals surface area contributed by atoms with Crippen LogP contribution in [0, 0.1) is 5.41 Å². The van der Waals surface area contributed by atoms with Gasteiger partial charge in [0, 0.05) is 24.4 Å². The van der Waals surface area contributed by atoms with Crippen molar-refractivity contribution >= 4 is 18.0 Å². The van der Waals surface area contributed by atoms with Crippen LogP contribution in [0.3, 0.4) is 0 Å². The fourth-order valence-corrected chi connectivity index (χ4v) is 5.11.